The monoisotopic (exact) mass is 237 g/mol. The molecule has 1 aromatic carbocycles. The zero-order valence-corrected chi connectivity index (χ0v) is 9.50. The molecule has 0 amide bonds. The largest absolute Gasteiger partial charge is 0.254 e. The third-order valence-electron chi connectivity index (χ3n) is 3.46. The van der Waals surface area contributed by atoms with Crippen molar-refractivity contribution in [3.05, 3.63) is 28.8 Å². The normalized spacial score (nSPS) is 27.2. The van der Waals surface area contributed by atoms with E-state index in [0.717, 1.165) is 42.6 Å². The van der Waals surface area contributed by atoms with Crippen molar-refractivity contribution in [2.75, 3.05) is 0 Å². The van der Waals surface area contributed by atoms with Gasteiger partial charge in [-0.1, -0.05) is 11.6 Å². The second kappa shape index (κ2) is 3.55. The Labute approximate surface area is 98.6 Å². The van der Waals surface area contributed by atoms with Gasteiger partial charge in [-0.15, -0.1) is 0 Å². The maximum atomic E-state index is 9.27. The molecule has 4 heteroatoms. The van der Waals surface area contributed by atoms with E-state index in [1.807, 2.05) is 18.2 Å². The van der Waals surface area contributed by atoms with Crippen LogP contribution in [0.1, 0.15) is 31.2 Å². The molecule has 1 atom stereocenters. The molecule has 3 rings (SSSR count). The minimum atomic E-state index is -0.724. The zero-order chi connectivity index (χ0) is 11.2. The third-order valence-corrected chi connectivity index (χ3v) is 3.70. The summed E-state index contributed by atoms with van der Waals surface area (Å²) >= 11 is 5.99. The van der Waals surface area contributed by atoms with Crippen LogP contribution >= 0.6 is 11.6 Å². The highest BCUT2D eigenvalue weighted by molar-refractivity contribution is 6.30. The molecule has 1 aliphatic carbocycles. The van der Waals surface area contributed by atoms with Crippen molar-refractivity contribution in [1.82, 2.24) is 0 Å². The van der Waals surface area contributed by atoms with Gasteiger partial charge in [-0.2, -0.15) is 0 Å². The van der Waals surface area contributed by atoms with Gasteiger partial charge in [-0.3, -0.25) is 10.2 Å². The average Bonchev–Trinajstić information content (AvgIpc) is 2.64. The molecule has 0 radical (unpaired) electrons. The van der Waals surface area contributed by atoms with Crippen LogP contribution in [0.4, 0.5) is 5.69 Å². The maximum Gasteiger partial charge on any atom is 0.168 e. The minimum Gasteiger partial charge on any atom is -0.254 e. The number of nitrogens with zero attached hydrogens (tertiary/aromatic N) is 1. The molecule has 1 fully saturated rings. The Morgan fingerprint density at radius 2 is 2.25 bits per heavy atom. The van der Waals surface area contributed by atoms with Crippen molar-refractivity contribution >= 4 is 23.0 Å². The summed E-state index contributed by atoms with van der Waals surface area (Å²) in [6.45, 7) is 0. The first kappa shape index (κ1) is 10.3. The van der Waals surface area contributed by atoms with Gasteiger partial charge in [0.2, 0.25) is 0 Å². The van der Waals surface area contributed by atoms with Crippen molar-refractivity contribution in [2.24, 2.45) is 4.99 Å². The van der Waals surface area contributed by atoms with Crippen LogP contribution in [0.25, 0.3) is 0 Å². The molecule has 0 unspecified atom stereocenters. The van der Waals surface area contributed by atoms with Gasteiger partial charge < -0.3 is 0 Å². The lowest BCUT2D eigenvalue weighted by Crippen LogP contribution is -2.38. The van der Waals surface area contributed by atoms with Gasteiger partial charge in [-0.05, 0) is 43.9 Å². The molecule has 3 nitrogen and oxygen atoms in total. The van der Waals surface area contributed by atoms with Crippen molar-refractivity contribution in [3.63, 3.8) is 0 Å². The highest BCUT2D eigenvalue weighted by Gasteiger charge is 2.46. The molecule has 1 saturated carbocycles. The summed E-state index contributed by atoms with van der Waals surface area (Å²) in [5.74, 6) is 0. The first-order valence-electron chi connectivity index (χ1n) is 5.47. The Bertz CT molecular complexity index is 472. The lowest BCUT2D eigenvalue weighted by atomic mass is 9.79. The molecule has 0 bridgehead atoms. The van der Waals surface area contributed by atoms with Crippen LogP contribution in [-0.2, 0) is 10.5 Å². The number of fused-ring (bicyclic) bond motifs is 3. The van der Waals surface area contributed by atoms with E-state index >= 15 is 0 Å². The van der Waals surface area contributed by atoms with Crippen LogP contribution in [0, 0.1) is 0 Å². The number of benzene rings is 1. The summed E-state index contributed by atoms with van der Waals surface area (Å²) in [7, 11) is 0. The fourth-order valence-corrected chi connectivity index (χ4v) is 2.84. The van der Waals surface area contributed by atoms with E-state index in [1.165, 1.54) is 0 Å². The van der Waals surface area contributed by atoms with Crippen LogP contribution < -0.4 is 0 Å². The van der Waals surface area contributed by atoms with E-state index in [2.05, 4.69) is 4.99 Å². The standard InChI is InChI=1S/C12H12ClNO2/c13-8-4-5-10-9(7-8)12(16-15)6-2-1-3-11(12)14-10/h4-5,7,15H,1-3,6H2/t12-/m1/s1. The number of hydrogen-bond acceptors (Lipinski definition) is 3. The highest BCUT2D eigenvalue weighted by atomic mass is 35.5. The molecule has 0 saturated heterocycles. The van der Waals surface area contributed by atoms with Crippen molar-refractivity contribution in [2.45, 2.75) is 31.3 Å². The summed E-state index contributed by atoms with van der Waals surface area (Å²) < 4.78 is 0. The number of rotatable bonds is 1. The first-order valence-corrected chi connectivity index (χ1v) is 5.85. The van der Waals surface area contributed by atoms with E-state index < -0.39 is 5.60 Å². The summed E-state index contributed by atoms with van der Waals surface area (Å²) in [6, 6.07) is 5.53. The van der Waals surface area contributed by atoms with E-state index in [9.17, 15) is 5.26 Å². The molecule has 1 heterocycles. The van der Waals surface area contributed by atoms with Gasteiger partial charge >= 0.3 is 0 Å². The smallest absolute Gasteiger partial charge is 0.168 e. The molecule has 0 aromatic heterocycles. The summed E-state index contributed by atoms with van der Waals surface area (Å²) in [5.41, 5.74) is 1.98. The van der Waals surface area contributed by atoms with E-state index in [0.29, 0.717) is 5.02 Å². The third kappa shape index (κ3) is 1.25. The Morgan fingerprint density at radius 3 is 3.06 bits per heavy atom. The quantitative estimate of drug-likeness (QED) is 0.598. The maximum absolute atomic E-state index is 9.27. The summed E-state index contributed by atoms with van der Waals surface area (Å²) in [4.78, 5) is 9.33. The molecular weight excluding hydrogens is 226 g/mol. The van der Waals surface area contributed by atoms with Crippen LogP contribution in [0.3, 0.4) is 0 Å². The lowest BCUT2D eigenvalue weighted by Gasteiger charge is -2.32. The van der Waals surface area contributed by atoms with Gasteiger partial charge in [-0.25, -0.2) is 4.89 Å². The molecule has 1 aromatic rings. The Balaban J connectivity index is 2.18. The molecule has 1 N–H and O–H groups in total. The molecule has 84 valence electrons. The highest BCUT2D eigenvalue weighted by Crippen LogP contribution is 2.48. The van der Waals surface area contributed by atoms with Gasteiger partial charge in [0.15, 0.2) is 5.60 Å². The van der Waals surface area contributed by atoms with E-state index in [4.69, 9.17) is 16.5 Å². The summed E-state index contributed by atoms with van der Waals surface area (Å²) in [6.07, 6.45) is 3.79. The van der Waals surface area contributed by atoms with Crippen molar-refractivity contribution < 1.29 is 10.1 Å². The van der Waals surface area contributed by atoms with Crippen LogP contribution in [0.15, 0.2) is 23.2 Å². The zero-order valence-electron chi connectivity index (χ0n) is 8.74. The number of aliphatic imine (C=N–C) groups is 1. The predicted molar refractivity (Wildman–Crippen MR) is 62.4 cm³/mol. The number of hydrogen-bond donors (Lipinski definition) is 1. The Hall–Kier alpha value is -0.900. The van der Waals surface area contributed by atoms with Gasteiger partial charge in [0, 0.05) is 10.6 Å². The van der Waals surface area contributed by atoms with E-state index in [1.54, 1.807) is 0 Å². The second-order valence-corrected chi connectivity index (χ2v) is 4.78. The fourth-order valence-electron chi connectivity index (χ4n) is 2.67. The van der Waals surface area contributed by atoms with Crippen LogP contribution in [0.2, 0.25) is 5.02 Å². The van der Waals surface area contributed by atoms with Crippen LogP contribution in [-0.4, -0.2) is 11.0 Å². The van der Waals surface area contributed by atoms with Gasteiger partial charge in [0.05, 0.1) is 11.4 Å². The average molecular weight is 238 g/mol. The molecular formula is C12H12ClNO2. The number of halogens is 1. The van der Waals surface area contributed by atoms with Gasteiger partial charge in [0.1, 0.15) is 0 Å². The van der Waals surface area contributed by atoms with Crippen molar-refractivity contribution in [3.8, 4) is 0 Å². The van der Waals surface area contributed by atoms with Gasteiger partial charge in [0.25, 0.3) is 0 Å². The predicted octanol–water partition coefficient (Wildman–Crippen LogP) is 3.69. The Morgan fingerprint density at radius 1 is 1.38 bits per heavy atom. The topological polar surface area (TPSA) is 41.8 Å². The first-order chi connectivity index (χ1) is 7.76. The Kier molecular flexibility index (Phi) is 2.28. The van der Waals surface area contributed by atoms with Crippen LogP contribution in [0.5, 0.6) is 0 Å². The molecule has 0 spiro atoms. The fraction of sp³-hybridized carbons (Fsp3) is 0.417. The van der Waals surface area contributed by atoms with Crippen molar-refractivity contribution in [1.29, 1.82) is 0 Å². The molecule has 16 heavy (non-hydrogen) atoms. The summed E-state index contributed by atoms with van der Waals surface area (Å²) in [5, 5.41) is 9.92. The minimum absolute atomic E-state index is 0.650. The molecule has 1 aliphatic heterocycles. The molecule has 2 aliphatic rings. The van der Waals surface area contributed by atoms with E-state index in [-0.39, 0.29) is 0 Å². The SMILES string of the molecule is OO[C@@]12CCCCC1=Nc1ccc(Cl)cc12. The second-order valence-electron chi connectivity index (χ2n) is 4.35. The lowest BCUT2D eigenvalue weighted by molar-refractivity contribution is -0.308.